The summed E-state index contributed by atoms with van der Waals surface area (Å²) in [7, 11) is 3.24. The van der Waals surface area contributed by atoms with Gasteiger partial charge in [0.05, 0.1) is 19.9 Å². The number of amides is 2. The average molecular weight is 401 g/mol. The van der Waals surface area contributed by atoms with Crippen molar-refractivity contribution < 1.29 is 14.3 Å². The zero-order valence-electron chi connectivity index (χ0n) is 16.5. The minimum absolute atomic E-state index is 0.181. The van der Waals surface area contributed by atoms with Crippen molar-refractivity contribution >= 4 is 23.5 Å². The summed E-state index contributed by atoms with van der Waals surface area (Å²) in [5, 5.41) is 6.59. The van der Waals surface area contributed by atoms with Crippen LogP contribution in [0.5, 0.6) is 11.5 Å². The van der Waals surface area contributed by atoms with E-state index in [0.29, 0.717) is 29.7 Å². The zero-order chi connectivity index (χ0) is 19.8. The fraction of sp³-hybridized carbons (Fsp3) is 0.409. The maximum absolute atomic E-state index is 12.3. The molecule has 1 aliphatic rings. The Morgan fingerprint density at radius 3 is 2.57 bits per heavy atom. The number of hydrogen-bond donors (Lipinski definition) is 2. The first-order chi connectivity index (χ1) is 13.7. The Bertz CT molecular complexity index is 791. The first-order valence-electron chi connectivity index (χ1n) is 9.71. The molecule has 2 N–H and O–H groups in total. The first kappa shape index (κ1) is 20.4. The number of thioether (sulfide) groups is 1. The molecule has 0 spiro atoms. The Balaban J connectivity index is 1.51. The molecule has 6 heteroatoms. The van der Waals surface area contributed by atoms with Crippen molar-refractivity contribution in [2.75, 3.05) is 26.1 Å². The van der Waals surface area contributed by atoms with Crippen LogP contribution in [0, 0.1) is 0 Å². The molecular formula is C22H28N2O3S. The highest BCUT2D eigenvalue weighted by atomic mass is 32.2. The van der Waals surface area contributed by atoms with Gasteiger partial charge in [0.2, 0.25) is 0 Å². The maximum atomic E-state index is 12.3. The summed E-state index contributed by atoms with van der Waals surface area (Å²) in [6, 6.07) is 13.6. The molecule has 5 nitrogen and oxygen atoms in total. The molecule has 1 fully saturated rings. The topological polar surface area (TPSA) is 59.6 Å². The van der Waals surface area contributed by atoms with Crippen molar-refractivity contribution in [2.45, 2.75) is 42.2 Å². The lowest BCUT2D eigenvalue weighted by atomic mass is 10.1. The Kier molecular flexibility index (Phi) is 7.48. The zero-order valence-corrected chi connectivity index (χ0v) is 17.3. The molecular weight excluding hydrogens is 372 g/mol. The normalized spacial score (nSPS) is 13.9. The lowest BCUT2D eigenvalue weighted by molar-refractivity contribution is 0.252. The Morgan fingerprint density at radius 1 is 1.07 bits per heavy atom. The highest BCUT2D eigenvalue weighted by molar-refractivity contribution is 8.00. The molecule has 2 amide bonds. The van der Waals surface area contributed by atoms with E-state index in [1.807, 2.05) is 48.2 Å². The van der Waals surface area contributed by atoms with Crippen LogP contribution in [0.1, 0.15) is 31.2 Å². The summed E-state index contributed by atoms with van der Waals surface area (Å²) in [6.45, 7) is 0.541. The molecule has 0 radical (unpaired) electrons. The fourth-order valence-electron chi connectivity index (χ4n) is 3.38. The van der Waals surface area contributed by atoms with E-state index in [2.05, 4.69) is 16.7 Å². The van der Waals surface area contributed by atoms with Gasteiger partial charge in [0.15, 0.2) is 11.5 Å². The van der Waals surface area contributed by atoms with Gasteiger partial charge in [-0.3, -0.25) is 0 Å². The van der Waals surface area contributed by atoms with E-state index in [1.165, 1.54) is 25.7 Å². The number of nitrogens with one attached hydrogen (secondary N) is 2. The molecule has 28 heavy (non-hydrogen) atoms. The van der Waals surface area contributed by atoms with Gasteiger partial charge in [0, 0.05) is 16.7 Å². The summed E-state index contributed by atoms with van der Waals surface area (Å²) in [6.07, 6.45) is 5.85. The minimum atomic E-state index is -0.181. The van der Waals surface area contributed by atoms with Crippen LogP contribution < -0.4 is 20.1 Å². The molecule has 2 aromatic rings. The maximum Gasteiger partial charge on any atom is 0.319 e. The lowest BCUT2D eigenvalue weighted by Gasteiger charge is -2.14. The molecule has 0 heterocycles. The van der Waals surface area contributed by atoms with Gasteiger partial charge in [-0.2, -0.15) is 0 Å². The van der Waals surface area contributed by atoms with Crippen LogP contribution in [0.15, 0.2) is 47.4 Å². The Morgan fingerprint density at radius 2 is 1.82 bits per heavy atom. The number of urea groups is 1. The third kappa shape index (κ3) is 5.58. The number of carbonyl (C=O) groups is 1. The van der Waals surface area contributed by atoms with Gasteiger partial charge in [-0.15, -0.1) is 11.8 Å². The van der Waals surface area contributed by atoms with Gasteiger partial charge in [-0.25, -0.2) is 4.79 Å². The van der Waals surface area contributed by atoms with E-state index in [1.54, 1.807) is 14.2 Å². The lowest BCUT2D eigenvalue weighted by Crippen LogP contribution is -2.30. The van der Waals surface area contributed by atoms with Crippen molar-refractivity contribution in [3.63, 3.8) is 0 Å². The van der Waals surface area contributed by atoms with E-state index >= 15 is 0 Å². The monoisotopic (exact) mass is 400 g/mol. The molecule has 2 aromatic carbocycles. The number of ether oxygens (including phenoxy) is 2. The van der Waals surface area contributed by atoms with Crippen LogP contribution in [-0.4, -0.2) is 32.0 Å². The summed E-state index contributed by atoms with van der Waals surface area (Å²) in [5.74, 6) is 1.40. The SMILES string of the molecule is COc1ccc(CCNC(=O)Nc2ccccc2SC2CCCC2)cc1OC. The summed E-state index contributed by atoms with van der Waals surface area (Å²) in [5.41, 5.74) is 1.96. The minimum Gasteiger partial charge on any atom is -0.493 e. The second-order valence-electron chi connectivity index (χ2n) is 6.84. The number of para-hydroxylation sites is 1. The summed E-state index contributed by atoms with van der Waals surface area (Å²) in [4.78, 5) is 13.5. The molecule has 0 aliphatic heterocycles. The van der Waals surface area contributed by atoms with Gasteiger partial charge in [-0.05, 0) is 49.1 Å². The smallest absolute Gasteiger partial charge is 0.319 e. The van der Waals surface area contributed by atoms with Crippen molar-refractivity contribution in [3.05, 3.63) is 48.0 Å². The Hall–Kier alpha value is -2.34. The van der Waals surface area contributed by atoms with Crippen LogP contribution in [0.2, 0.25) is 0 Å². The van der Waals surface area contributed by atoms with Crippen LogP contribution in [0.4, 0.5) is 10.5 Å². The predicted octanol–water partition coefficient (Wildman–Crippen LogP) is 5.10. The molecule has 0 saturated heterocycles. The van der Waals surface area contributed by atoms with E-state index < -0.39 is 0 Å². The van der Waals surface area contributed by atoms with E-state index in [9.17, 15) is 4.79 Å². The van der Waals surface area contributed by atoms with Crippen LogP contribution in [0.25, 0.3) is 0 Å². The van der Waals surface area contributed by atoms with Gasteiger partial charge >= 0.3 is 6.03 Å². The van der Waals surface area contributed by atoms with Crippen molar-refractivity contribution in [1.82, 2.24) is 5.32 Å². The van der Waals surface area contributed by atoms with Crippen molar-refractivity contribution in [2.24, 2.45) is 0 Å². The number of rotatable bonds is 8. The van der Waals surface area contributed by atoms with Crippen LogP contribution in [-0.2, 0) is 6.42 Å². The molecule has 0 bridgehead atoms. The van der Waals surface area contributed by atoms with Gasteiger partial charge in [0.25, 0.3) is 0 Å². The molecule has 0 atom stereocenters. The molecule has 150 valence electrons. The quantitative estimate of drug-likeness (QED) is 0.647. The fourth-order valence-corrected chi connectivity index (χ4v) is 4.71. The third-order valence-electron chi connectivity index (χ3n) is 4.88. The van der Waals surface area contributed by atoms with E-state index in [4.69, 9.17) is 9.47 Å². The largest absolute Gasteiger partial charge is 0.493 e. The second kappa shape index (κ2) is 10.3. The number of carbonyl (C=O) groups excluding carboxylic acids is 1. The van der Waals surface area contributed by atoms with Gasteiger partial charge in [0.1, 0.15) is 0 Å². The number of anilines is 1. The average Bonchev–Trinajstić information content (AvgIpc) is 3.22. The summed E-state index contributed by atoms with van der Waals surface area (Å²) < 4.78 is 10.6. The van der Waals surface area contributed by atoms with Crippen molar-refractivity contribution in [1.29, 1.82) is 0 Å². The highest BCUT2D eigenvalue weighted by Gasteiger charge is 2.18. The van der Waals surface area contributed by atoms with Gasteiger partial charge in [-0.1, -0.05) is 31.0 Å². The van der Waals surface area contributed by atoms with E-state index in [-0.39, 0.29) is 6.03 Å². The standard InChI is InChI=1S/C22H28N2O3S/c1-26-19-12-11-16(15-20(19)27-2)13-14-23-22(25)24-18-9-5-6-10-21(18)28-17-7-3-4-8-17/h5-6,9-12,15,17H,3-4,7-8,13-14H2,1-2H3,(H2,23,24,25). The molecule has 0 aromatic heterocycles. The van der Waals surface area contributed by atoms with Crippen LogP contribution in [0.3, 0.4) is 0 Å². The number of methoxy groups -OCH3 is 2. The first-order valence-corrected chi connectivity index (χ1v) is 10.6. The van der Waals surface area contributed by atoms with E-state index in [0.717, 1.165) is 16.1 Å². The van der Waals surface area contributed by atoms with Crippen LogP contribution >= 0.6 is 11.8 Å². The predicted molar refractivity (Wildman–Crippen MR) is 115 cm³/mol. The molecule has 3 rings (SSSR count). The second-order valence-corrected chi connectivity index (χ2v) is 8.18. The number of hydrogen-bond acceptors (Lipinski definition) is 4. The highest BCUT2D eigenvalue weighted by Crippen LogP contribution is 2.38. The van der Waals surface area contributed by atoms with Gasteiger partial charge < -0.3 is 20.1 Å². The summed E-state index contributed by atoms with van der Waals surface area (Å²) >= 11 is 1.88. The molecule has 1 saturated carbocycles. The number of benzene rings is 2. The molecule has 0 unspecified atom stereocenters. The van der Waals surface area contributed by atoms with Crippen molar-refractivity contribution in [3.8, 4) is 11.5 Å². The third-order valence-corrected chi connectivity index (χ3v) is 6.29. The molecule has 1 aliphatic carbocycles. The Labute approximate surface area is 171 Å².